The second-order valence-corrected chi connectivity index (χ2v) is 4.82. The number of piperidine rings is 1. The first-order chi connectivity index (χ1) is 8.77. The lowest BCUT2D eigenvalue weighted by molar-refractivity contribution is 0.0989. The maximum absolute atomic E-state index is 11.6. The Morgan fingerprint density at radius 2 is 2.22 bits per heavy atom. The van der Waals surface area contributed by atoms with Crippen molar-refractivity contribution in [1.29, 1.82) is 0 Å². The molecule has 0 aliphatic carbocycles. The van der Waals surface area contributed by atoms with Crippen LogP contribution < -0.4 is 11.1 Å². The molecule has 1 atom stereocenters. The molecule has 1 aliphatic heterocycles. The number of para-hydroxylation sites is 1. The second-order valence-electron chi connectivity index (χ2n) is 4.82. The lowest BCUT2D eigenvalue weighted by atomic mass is 10.1. The van der Waals surface area contributed by atoms with Crippen molar-refractivity contribution in [3.8, 4) is 0 Å². The monoisotopic (exact) mass is 243 g/mol. The van der Waals surface area contributed by atoms with Crippen molar-refractivity contribution in [3.63, 3.8) is 0 Å². The van der Waals surface area contributed by atoms with Crippen LogP contribution in [-0.2, 0) is 0 Å². The van der Waals surface area contributed by atoms with E-state index in [1.807, 2.05) is 24.3 Å². The number of nitrogens with zero attached hydrogens (tertiary/aromatic N) is 1. The summed E-state index contributed by atoms with van der Waals surface area (Å²) >= 11 is 0. The lowest BCUT2D eigenvalue weighted by Crippen LogP contribution is -2.33. The van der Waals surface area contributed by atoms with Crippen LogP contribution in [0.1, 0.15) is 29.4 Å². The number of hydrogen-bond donors (Lipinski definition) is 2. The van der Waals surface area contributed by atoms with Crippen molar-refractivity contribution in [2.45, 2.75) is 18.9 Å². The Balaban J connectivity index is 2.17. The van der Waals surface area contributed by atoms with E-state index >= 15 is 0 Å². The van der Waals surface area contributed by atoms with Crippen molar-refractivity contribution >= 4 is 16.8 Å². The van der Waals surface area contributed by atoms with Gasteiger partial charge in [-0.1, -0.05) is 18.2 Å². The molecule has 3 rings (SSSR count). The fourth-order valence-electron chi connectivity index (χ4n) is 2.81. The molecule has 1 saturated heterocycles. The number of nitrogens with two attached hydrogens (primary N) is 1. The van der Waals surface area contributed by atoms with Crippen LogP contribution in [-0.4, -0.2) is 23.6 Å². The van der Waals surface area contributed by atoms with Gasteiger partial charge in [-0.25, -0.2) is 0 Å². The van der Waals surface area contributed by atoms with Gasteiger partial charge < -0.3 is 15.6 Å². The molecule has 1 aliphatic rings. The Morgan fingerprint density at radius 3 is 2.94 bits per heavy atom. The largest absolute Gasteiger partial charge is 0.364 e. The minimum Gasteiger partial charge on any atom is -0.364 e. The molecule has 2 heterocycles. The number of benzene rings is 1. The molecule has 0 radical (unpaired) electrons. The Kier molecular flexibility index (Phi) is 2.80. The molecule has 3 N–H and O–H groups in total. The number of carbonyl (C=O) groups is 1. The van der Waals surface area contributed by atoms with Crippen LogP contribution in [0.5, 0.6) is 0 Å². The number of fused-ring (bicyclic) bond motifs is 1. The summed E-state index contributed by atoms with van der Waals surface area (Å²) in [5.41, 5.74) is 7.22. The first-order valence-corrected chi connectivity index (χ1v) is 6.38. The van der Waals surface area contributed by atoms with Crippen LogP contribution >= 0.6 is 0 Å². The zero-order chi connectivity index (χ0) is 12.5. The number of nitrogens with one attached hydrogen (secondary N) is 1. The number of hydrogen-bond acceptors (Lipinski definition) is 2. The number of amides is 1. The van der Waals surface area contributed by atoms with Crippen LogP contribution in [0.15, 0.2) is 30.3 Å². The maximum atomic E-state index is 11.6. The Morgan fingerprint density at radius 1 is 1.39 bits per heavy atom. The van der Waals surface area contributed by atoms with Gasteiger partial charge in [0, 0.05) is 23.5 Å². The standard InChI is InChI=1S/C14H17N3O/c15-14(18)13-8-10-4-1-2-6-12(10)17(13)11-5-3-7-16-9-11/h1-2,4,6,8,11,16H,3,5,7,9H2,(H2,15,18). The molecule has 0 saturated carbocycles. The molecule has 18 heavy (non-hydrogen) atoms. The van der Waals surface area contributed by atoms with Crippen molar-refractivity contribution < 1.29 is 4.79 Å². The molecule has 4 nitrogen and oxygen atoms in total. The zero-order valence-corrected chi connectivity index (χ0v) is 10.2. The highest BCUT2D eigenvalue weighted by Crippen LogP contribution is 2.27. The van der Waals surface area contributed by atoms with Crippen molar-refractivity contribution in [2.24, 2.45) is 5.73 Å². The summed E-state index contributed by atoms with van der Waals surface area (Å²) in [5.74, 6) is -0.350. The van der Waals surface area contributed by atoms with Crippen LogP contribution in [0.4, 0.5) is 0 Å². The van der Waals surface area contributed by atoms with Crippen molar-refractivity contribution in [3.05, 3.63) is 36.0 Å². The molecular weight excluding hydrogens is 226 g/mol. The molecule has 1 aromatic carbocycles. The van der Waals surface area contributed by atoms with Crippen molar-refractivity contribution in [2.75, 3.05) is 13.1 Å². The van der Waals surface area contributed by atoms with Crippen LogP contribution in [0, 0.1) is 0 Å². The third kappa shape index (κ3) is 1.78. The molecule has 94 valence electrons. The summed E-state index contributed by atoms with van der Waals surface area (Å²) < 4.78 is 2.10. The van der Waals surface area contributed by atoms with Gasteiger partial charge in [0.15, 0.2) is 0 Å². The summed E-state index contributed by atoms with van der Waals surface area (Å²) in [5, 5.41) is 4.46. The zero-order valence-electron chi connectivity index (χ0n) is 10.2. The van der Waals surface area contributed by atoms with Gasteiger partial charge in [-0.2, -0.15) is 0 Å². The molecule has 0 spiro atoms. The Labute approximate surface area is 106 Å². The van der Waals surface area contributed by atoms with E-state index in [0.717, 1.165) is 36.8 Å². The maximum Gasteiger partial charge on any atom is 0.265 e. The van der Waals surface area contributed by atoms with E-state index < -0.39 is 0 Å². The number of carbonyl (C=O) groups excluding carboxylic acids is 1. The molecule has 1 unspecified atom stereocenters. The topological polar surface area (TPSA) is 60.1 Å². The molecule has 1 amide bonds. The summed E-state index contributed by atoms with van der Waals surface area (Å²) in [6.45, 7) is 1.96. The smallest absolute Gasteiger partial charge is 0.265 e. The number of rotatable bonds is 2. The van der Waals surface area contributed by atoms with E-state index in [4.69, 9.17) is 5.73 Å². The molecule has 2 aromatic rings. The minimum absolute atomic E-state index is 0.321. The Bertz CT molecular complexity index is 582. The molecule has 1 aromatic heterocycles. The van der Waals surface area contributed by atoms with Gasteiger partial charge in [-0.15, -0.1) is 0 Å². The average molecular weight is 243 g/mol. The SMILES string of the molecule is NC(=O)c1cc2ccccc2n1C1CCCNC1. The first-order valence-electron chi connectivity index (χ1n) is 6.38. The van der Waals surface area contributed by atoms with Gasteiger partial charge >= 0.3 is 0 Å². The highest BCUT2D eigenvalue weighted by Gasteiger charge is 2.21. The fraction of sp³-hybridized carbons (Fsp3) is 0.357. The van der Waals surface area contributed by atoms with E-state index in [1.54, 1.807) is 0 Å². The Hall–Kier alpha value is -1.81. The normalized spacial score (nSPS) is 20.1. The summed E-state index contributed by atoms with van der Waals surface area (Å²) in [4.78, 5) is 11.6. The van der Waals surface area contributed by atoms with E-state index in [9.17, 15) is 4.79 Å². The third-order valence-corrected chi connectivity index (χ3v) is 3.64. The van der Waals surface area contributed by atoms with Crippen LogP contribution in [0.3, 0.4) is 0 Å². The quantitative estimate of drug-likeness (QED) is 0.842. The highest BCUT2D eigenvalue weighted by molar-refractivity contribution is 5.97. The first kappa shape index (κ1) is 11.3. The van der Waals surface area contributed by atoms with E-state index in [-0.39, 0.29) is 5.91 Å². The molecule has 0 bridgehead atoms. The lowest BCUT2D eigenvalue weighted by Gasteiger charge is -2.26. The predicted molar refractivity (Wildman–Crippen MR) is 71.6 cm³/mol. The molecule has 1 fully saturated rings. The van der Waals surface area contributed by atoms with Crippen LogP contribution in [0.2, 0.25) is 0 Å². The van der Waals surface area contributed by atoms with E-state index in [2.05, 4.69) is 16.0 Å². The van der Waals surface area contributed by atoms with E-state index in [0.29, 0.717) is 11.7 Å². The fourth-order valence-corrected chi connectivity index (χ4v) is 2.81. The van der Waals surface area contributed by atoms with Gasteiger partial charge in [0.1, 0.15) is 5.69 Å². The van der Waals surface area contributed by atoms with Gasteiger partial charge in [0.2, 0.25) is 0 Å². The average Bonchev–Trinajstić information content (AvgIpc) is 2.79. The molecular formula is C14H17N3O. The van der Waals surface area contributed by atoms with Gasteiger partial charge in [-0.05, 0) is 31.5 Å². The van der Waals surface area contributed by atoms with Gasteiger partial charge in [0.25, 0.3) is 5.91 Å². The highest BCUT2D eigenvalue weighted by atomic mass is 16.1. The number of primary amides is 1. The summed E-state index contributed by atoms with van der Waals surface area (Å²) in [7, 11) is 0. The van der Waals surface area contributed by atoms with Gasteiger partial charge in [0.05, 0.1) is 0 Å². The van der Waals surface area contributed by atoms with Crippen molar-refractivity contribution in [1.82, 2.24) is 9.88 Å². The number of aromatic nitrogens is 1. The predicted octanol–water partition coefficient (Wildman–Crippen LogP) is 1.66. The minimum atomic E-state index is -0.350. The third-order valence-electron chi connectivity index (χ3n) is 3.64. The molecule has 4 heteroatoms. The van der Waals surface area contributed by atoms with Crippen LogP contribution in [0.25, 0.3) is 10.9 Å². The second kappa shape index (κ2) is 4.46. The van der Waals surface area contributed by atoms with Gasteiger partial charge in [-0.3, -0.25) is 4.79 Å². The summed E-state index contributed by atoms with van der Waals surface area (Å²) in [6.07, 6.45) is 2.22. The summed E-state index contributed by atoms with van der Waals surface area (Å²) in [6, 6.07) is 10.3. The van der Waals surface area contributed by atoms with E-state index in [1.165, 1.54) is 0 Å².